The number of hydrogen-bond donors (Lipinski definition) is 0. The summed E-state index contributed by atoms with van der Waals surface area (Å²) < 4.78 is 13.0. The first kappa shape index (κ1) is 15.5. The average Bonchev–Trinajstić information content (AvgIpc) is 2.54. The van der Waals surface area contributed by atoms with Crippen LogP contribution in [0.5, 0.6) is 0 Å². The highest BCUT2D eigenvalue weighted by Crippen LogP contribution is 2.27. The van der Waals surface area contributed by atoms with Gasteiger partial charge in [0.25, 0.3) is 0 Å². The number of nitriles is 2. The standard InChI is InChI=1S/C18H16FN3/c1-18(2,12-20)17-6-4-3-5-14(17)11-22(13-21)16-9-7-15(19)8-10-16/h3-10H,11H2,1-2H3. The molecule has 4 heteroatoms. The summed E-state index contributed by atoms with van der Waals surface area (Å²) in [6.45, 7) is 4.03. The molecular weight excluding hydrogens is 277 g/mol. The lowest BCUT2D eigenvalue weighted by Gasteiger charge is -2.23. The molecule has 0 aliphatic heterocycles. The molecule has 0 aliphatic carbocycles. The molecule has 0 unspecified atom stereocenters. The molecule has 0 saturated heterocycles. The van der Waals surface area contributed by atoms with Gasteiger partial charge < -0.3 is 0 Å². The van der Waals surface area contributed by atoms with Crippen LogP contribution in [0.4, 0.5) is 10.1 Å². The van der Waals surface area contributed by atoms with E-state index < -0.39 is 5.41 Å². The molecule has 0 amide bonds. The predicted molar refractivity (Wildman–Crippen MR) is 83.3 cm³/mol. The Bertz CT molecular complexity index is 736. The molecule has 0 bridgehead atoms. The monoisotopic (exact) mass is 293 g/mol. The van der Waals surface area contributed by atoms with Gasteiger partial charge >= 0.3 is 0 Å². The van der Waals surface area contributed by atoms with Crippen molar-refractivity contribution in [2.45, 2.75) is 25.8 Å². The van der Waals surface area contributed by atoms with Crippen LogP contribution < -0.4 is 4.90 Å². The summed E-state index contributed by atoms with van der Waals surface area (Å²) >= 11 is 0. The zero-order valence-corrected chi connectivity index (χ0v) is 12.5. The van der Waals surface area contributed by atoms with Gasteiger partial charge in [-0.2, -0.15) is 10.5 Å². The van der Waals surface area contributed by atoms with Crippen molar-refractivity contribution >= 4 is 5.69 Å². The van der Waals surface area contributed by atoms with E-state index >= 15 is 0 Å². The van der Waals surface area contributed by atoms with Gasteiger partial charge in [0.15, 0.2) is 6.19 Å². The van der Waals surface area contributed by atoms with E-state index in [0.29, 0.717) is 12.2 Å². The summed E-state index contributed by atoms with van der Waals surface area (Å²) in [6.07, 6.45) is 2.11. The lowest BCUT2D eigenvalue weighted by atomic mass is 9.83. The van der Waals surface area contributed by atoms with Crippen molar-refractivity contribution in [3.05, 3.63) is 65.5 Å². The van der Waals surface area contributed by atoms with Crippen LogP contribution in [-0.4, -0.2) is 0 Å². The fraction of sp³-hybridized carbons (Fsp3) is 0.222. The van der Waals surface area contributed by atoms with E-state index in [1.807, 2.05) is 38.1 Å². The zero-order valence-electron chi connectivity index (χ0n) is 12.5. The van der Waals surface area contributed by atoms with Gasteiger partial charge in [-0.1, -0.05) is 24.3 Å². The zero-order chi connectivity index (χ0) is 16.2. The van der Waals surface area contributed by atoms with E-state index in [-0.39, 0.29) is 5.82 Å². The minimum atomic E-state index is -0.638. The Morgan fingerprint density at radius 3 is 2.27 bits per heavy atom. The molecule has 0 heterocycles. The van der Waals surface area contributed by atoms with Crippen LogP contribution in [0.1, 0.15) is 25.0 Å². The van der Waals surface area contributed by atoms with Crippen molar-refractivity contribution in [3.63, 3.8) is 0 Å². The average molecular weight is 293 g/mol. The van der Waals surface area contributed by atoms with Crippen LogP contribution in [0, 0.1) is 28.6 Å². The maximum absolute atomic E-state index is 13.0. The van der Waals surface area contributed by atoms with Gasteiger partial charge in [-0.25, -0.2) is 4.39 Å². The minimum absolute atomic E-state index is 0.337. The summed E-state index contributed by atoms with van der Waals surface area (Å²) in [5.41, 5.74) is 1.77. The third-order valence-corrected chi connectivity index (χ3v) is 3.56. The van der Waals surface area contributed by atoms with E-state index in [1.165, 1.54) is 17.0 Å². The molecule has 0 N–H and O–H groups in total. The SMILES string of the molecule is CC(C)(C#N)c1ccccc1CN(C#N)c1ccc(F)cc1. The van der Waals surface area contributed by atoms with Gasteiger partial charge in [-0.15, -0.1) is 0 Å². The fourth-order valence-electron chi connectivity index (χ4n) is 2.30. The number of halogens is 1. The summed E-state index contributed by atoms with van der Waals surface area (Å²) in [4.78, 5) is 1.48. The molecule has 0 spiro atoms. The van der Waals surface area contributed by atoms with Crippen LogP contribution in [0.25, 0.3) is 0 Å². The molecule has 0 aromatic heterocycles. The Balaban J connectivity index is 2.36. The van der Waals surface area contributed by atoms with Crippen LogP contribution >= 0.6 is 0 Å². The topological polar surface area (TPSA) is 50.8 Å². The molecule has 0 fully saturated rings. The second kappa shape index (κ2) is 6.28. The smallest absolute Gasteiger partial charge is 0.184 e. The Hall–Kier alpha value is -2.85. The fourth-order valence-corrected chi connectivity index (χ4v) is 2.30. The van der Waals surface area contributed by atoms with Gasteiger partial charge in [0.2, 0.25) is 0 Å². The molecule has 2 rings (SSSR count). The third-order valence-electron chi connectivity index (χ3n) is 3.56. The summed E-state index contributed by atoms with van der Waals surface area (Å²) in [6, 6.07) is 15.6. The lowest BCUT2D eigenvalue weighted by Crippen LogP contribution is -2.22. The molecule has 0 saturated carbocycles. The van der Waals surface area contributed by atoms with Gasteiger partial charge in [-0.3, -0.25) is 4.90 Å². The maximum Gasteiger partial charge on any atom is 0.184 e. The van der Waals surface area contributed by atoms with E-state index in [1.54, 1.807) is 12.1 Å². The van der Waals surface area contributed by atoms with Crippen LogP contribution in [0.15, 0.2) is 48.5 Å². The number of benzene rings is 2. The Kier molecular flexibility index (Phi) is 4.44. The van der Waals surface area contributed by atoms with Crippen LogP contribution in [0.2, 0.25) is 0 Å². The van der Waals surface area contributed by atoms with Crippen molar-refractivity contribution in [1.82, 2.24) is 0 Å². The van der Waals surface area contributed by atoms with Crippen molar-refractivity contribution < 1.29 is 4.39 Å². The highest BCUT2D eigenvalue weighted by Gasteiger charge is 2.23. The summed E-state index contributed by atoms with van der Waals surface area (Å²) in [5, 5.41) is 18.7. The van der Waals surface area contributed by atoms with Crippen LogP contribution in [-0.2, 0) is 12.0 Å². The summed E-state index contributed by atoms with van der Waals surface area (Å²) in [7, 11) is 0. The first-order chi connectivity index (χ1) is 10.5. The first-order valence-electron chi connectivity index (χ1n) is 6.90. The van der Waals surface area contributed by atoms with Gasteiger partial charge in [-0.05, 0) is 49.2 Å². The highest BCUT2D eigenvalue weighted by atomic mass is 19.1. The molecule has 0 radical (unpaired) electrons. The normalized spacial score (nSPS) is 10.6. The van der Waals surface area contributed by atoms with E-state index in [0.717, 1.165) is 11.1 Å². The Morgan fingerprint density at radius 1 is 1.05 bits per heavy atom. The van der Waals surface area contributed by atoms with Gasteiger partial charge in [0.05, 0.1) is 23.7 Å². The van der Waals surface area contributed by atoms with E-state index in [9.17, 15) is 14.9 Å². The first-order valence-corrected chi connectivity index (χ1v) is 6.90. The molecule has 22 heavy (non-hydrogen) atoms. The maximum atomic E-state index is 13.0. The molecule has 0 aliphatic rings. The van der Waals surface area contributed by atoms with Crippen molar-refractivity contribution in [1.29, 1.82) is 10.5 Å². The van der Waals surface area contributed by atoms with Crippen molar-refractivity contribution in [2.75, 3.05) is 4.90 Å². The molecule has 2 aromatic rings. The minimum Gasteiger partial charge on any atom is -0.275 e. The summed E-state index contributed by atoms with van der Waals surface area (Å²) in [5.74, 6) is -0.340. The Labute approximate surface area is 129 Å². The molecule has 3 nitrogen and oxygen atoms in total. The molecule has 110 valence electrons. The highest BCUT2D eigenvalue weighted by molar-refractivity contribution is 5.52. The molecule has 0 atom stereocenters. The largest absolute Gasteiger partial charge is 0.275 e. The second-order valence-corrected chi connectivity index (χ2v) is 5.56. The van der Waals surface area contributed by atoms with Gasteiger partial charge in [0.1, 0.15) is 5.82 Å². The van der Waals surface area contributed by atoms with Gasteiger partial charge in [0, 0.05) is 0 Å². The molecular formula is C18H16FN3. The third kappa shape index (κ3) is 3.24. The van der Waals surface area contributed by atoms with Crippen molar-refractivity contribution in [3.8, 4) is 12.3 Å². The van der Waals surface area contributed by atoms with E-state index in [2.05, 4.69) is 12.3 Å². The number of rotatable bonds is 4. The van der Waals surface area contributed by atoms with Crippen LogP contribution in [0.3, 0.4) is 0 Å². The predicted octanol–water partition coefficient (Wildman–Crippen LogP) is 4.11. The second-order valence-electron chi connectivity index (χ2n) is 5.56. The lowest BCUT2D eigenvalue weighted by molar-refractivity contribution is 0.627. The molecule has 2 aromatic carbocycles. The number of anilines is 1. The number of hydrogen-bond acceptors (Lipinski definition) is 3. The Morgan fingerprint density at radius 2 is 1.68 bits per heavy atom. The van der Waals surface area contributed by atoms with E-state index in [4.69, 9.17) is 0 Å². The quantitative estimate of drug-likeness (QED) is 0.629. The number of nitrogens with zero attached hydrogens (tertiary/aromatic N) is 3. The van der Waals surface area contributed by atoms with Crippen molar-refractivity contribution in [2.24, 2.45) is 0 Å².